The van der Waals surface area contributed by atoms with Gasteiger partial charge < -0.3 is 0 Å². The molecule has 0 saturated heterocycles. The van der Waals surface area contributed by atoms with Gasteiger partial charge in [0.25, 0.3) is 0 Å². The first-order valence-corrected chi connectivity index (χ1v) is 5.04. The van der Waals surface area contributed by atoms with Crippen molar-refractivity contribution in [3.8, 4) is 0 Å². The van der Waals surface area contributed by atoms with Gasteiger partial charge in [0.2, 0.25) is 0 Å². The molecule has 1 aliphatic carbocycles. The van der Waals surface area contributed by atoms with E-state index >= 15 is 0 Å². The molecule has 0 amide bonds. The Morgan fingerprint density at radius 1 is 1.09 bits per heavy atom. The molecule has 0 unspecified atom stereocenters. The van der Waals surface area contributed by atoms with Gasteiger partial charge in [0, 0.05) is 0 Å². The molecule has 64 valence electrons. The summed E-state index contributed by atoms with van der Waals surface area (Å²) in [6, 6.07) is 0. The molecule has 1 saturated carbocycles. The van der Waals surface area contributed by atoms with Crippen molar-refractivity contribution in [2.75, 3.05) is 0 Å². The average Bonchev–Trinajstić information content (AvgIpc) is 2.28. The fraction of sp³-hybridized carbons (Fsp3) is 0.818. The predicted molar refractivity (Wildman–Crippen MR) is 50.6 cm³/mol. The quantitative estimate of drug-likeness (QED) is 0.415. The number of hydrogen-bond acceptors (Lipinski definition) is 0. The van der Waals surface area contributed by atoms with Crippen molar-refractivity contribution in [3.05, 3.63) is 12.2 Å². The summed E-state index contributed by atoms with van der Waals surface area (Å²) in [4.78, 5) is 0. The molecule has 0 aromatic heterocycles. The zero-order valence-corrected chi connectivity index (χ0v) is 7.68. The minimum Gasteiger partial charge on any atom is -0.0917 e. The Kier molecular flexibility index (Phi) is 4.33. The normalized spacial score (nSPS) is 22.3. The van der Waals surface area contributed by atoms with Crippen LogP contribution in [0, 0.1) is 5.92 Å². The van der Waals surface area contributed by atoms with Crippen LogP contribution in [0.25, 0.3) is 0 Å². The summed E-state index contributed by atoms with van der Waals surface area (Å²) >= 11 is 0. The summed E-state index contributed by atoms with van der Waals surface area (Å²) in [5.74, 6) is 1.01. The van der Waals surface area contributed by atoms with E-state index in [0.29, 0.717) is 0 Å². The molecule has 0 heteroatoms. The Bertz CT molecular complexity index is 105. The van der Waals surface area contributed by atoms with Gasteiger partial charge in [-0.3, -0.25) is 0 Å². The van der Waals surface area contributed by atoms with E-state index in [1.807, 2.05) is 0 Å². The van der Waals surface area contributed by atoms with Crippen LogP contribution in [0.4, 0.5) is 0 Å². The zero-order chi connectivity index (χ0) is 7.94. The summed E-state index contributed by atoms with van der Waals surface area (Å²) < 4.78 is 0. The van der Waals surface area contributed by atoms with E-state index in [0.717, 1.165) is 5.92 Å². The van der Waals surface area contributed by atoms with E-state index in [2.05, 4.69) is 19.1 Å². The molecule has 0 aliphatic heterocycles. The maximum atomic E-state index is 2.33. The standard InChI is InChI=1S/C11H20/c1-2-3-8-11-9-6-4-5-7-10-11/h2-3,11H,4-10H2,1H3. The lowest BCUT2D eigenvalue weighted by Gasteiger charge is -2.09. The topological polar surface area (TPSA) is 0 Å². The summed E-state index contributed by atoms with van der Waals surface area (Å²) in [6.45, 7) is 2.12. The molecule has 0 N–H and O–H groups in total. The molecule has 0 heterocycles. The summed E-state index contributed by atoms with van der Waals surface area (Å²) in [7, 11) is 0. The highest BCUT2D eigenvalue weighted by Gasteiger charge is 2.09. The highest BCUT2D eigenvalue weighted by molar-refractivity contribution is 4.81. The van der Waals surface area contributed by atoms with Gasteiger partial charge in [0.1, 0.15) is 0 Å². The summed E-state index contributed by atoms with van der Waals surface area (Å²) in [6.07, 6.45) is 14.7. The lowest BCUT2D eigenvalue weighted by atomic mass is 9.97. The minimum atomic E-state index is 1.01. The van der Waals surface area contributed by atoms with Gasteiger partial charge in [-0.15, -0.1) is 0 Å². The number of hydrogen-bond donors (Lipinski definition) is 0. The molecule has 0 bridgehead atoms. The van der Waals surface area contributed by atoms with Crippen molar-refractivity contribution in [1.82, 2.24) is 0 Å². The van der Waals surface area contributed by atoms with Crippen molar-refractivity contribution in [1.29, 1.82) is 0 Å². The Labute approximate surface area is 70.7 Å². The van der Waals surface area contributed by atoms with Crippen LogP contribution in [0.1, 0.15) is 51.9 Å². The van der Waals surface area contributed by atoms with E-state index in [9.17, 15) is 0 Å². The third-order valence-electron chi connectivity index (χ3n) is 2.68. The zero-order valence-electron chi connectivity index (χ0n) is 7.68. The van der Waals surface area contributed by atoms with Crippen LogP contribution in [0.2, 0.25) is 0 Å². The highest BCUT2D eigenvalue weighted by Crippen LogP contribution is 2.25. The minimum absolute atomic E-state index is 1.01. The van der Waals surface area contributed by atoms with E-state index in [-0.39, 0.29) is 0 Å². The maximum absolute atomic E-state index is 2.33. The summed E-state index contributed by atoms with van der Waals surface area (Å²) in [5.41, 5.74) is 0. The third-order valence-corrected chi connectivity index (χ3v) is 2.68. The second-order valence-corrected chi connectivity index (χ2v) is 3.66. The first-order valence-electron chi connectivity index (χ1n) is 5.04. The van der Waals surface area contributed by atoms with Crippen LogP contribution in [0.5, 0.6) is 0 Å². The van der Waals surface area contributed by atoms with Crippen molar-refractivity contribution < 1.29 is 0 Å². The molecule has 0 atom stereocenters. The molecular formula is C11H20. The average molecular weight is 152 g/mol. The van der Waals surface area contributed by atoms with E-state index < -0.39 is 0 Å². The third kappa shape index (κ3) is 3.60. The van der Waals surface area contributed by atoms with Crippen LogP contribution < -0.4 is 0 Å². The molecule has 1 rings (SSSR count). The van der Waals surface area contributed by atoms with Crippen molar-refractivity contribution in [2.45, 2.75) is 51.9 Å². The van der Waals surface area contributed by atoms with Gasteiger partial charge in [0.05, 0.1) is 0 Å². The van der Waals surface area contributed by atoms with Crippen LogP contribution in [0.15, 0.2) is 12.2 Å². The summed E-state index contributed by atoms with van der Waals surface area (Å²) in [5, 5.41) is 0. The van der Waals surface area contributed by atoms with Gasteiger partial charge in [-0.05, 0) is 19.3 Å². The highest BCUT2D eigenvalue weighted by atomic mass is 14.1. The predicted octanol–water partition coefficient (Wildman–Crippen LogP) is 3.92. The van der Waals surface area contributed by atoms with Gasteiger partial charge >= 0.3 is 0 Å². The maximum Gasteiger partial charge on any atom is -0.0322 e. The van der Waals surface area contributed by atoms with Gasteiger partial charge in [0.15, 0.2) is 0 Å². The van der Waals surface area contributed by atoms with E-state index in [1.54, 1.807) is 0 Å². The SMILES string of the molecule is CC=CCC1CCCCCC1. The van der Waals surface area contributed by atoms with Crippen molar-refractivity contribution in [3.63, 3.8) is 0 Å². The fourth-order valence-corrected chi connectivity index (χ4v) is 1.93. The monoisotopic (exact) mass is 152 g/mol. The van der Waals surface area contributed by atoms with Crippen LogP contribution in [-0.2, 0) is 0 Å². The largest absolute Gasteiger partial charge is 0.0917 e. The Balaban J connectivity index is 2.19. The molecular weight excluding hydrogens is 132 g/mol. The molecule has 0 aromatic carbocycles. The second-order valence-electron chi connectivity index (χ2n) is 3.66. The van der Waals surface area contributed by atoms with E-state index in [1.165, 1.54) is 44.9 Å². The fourth-order valence-electron chi connectivity index (χ4n) is 1.93. The Morgan fingerprint density at radius 2 is 1.73 bits per heavy atom. The number of rotatable bonds is 2. The molecule has 11 heavy (non-hydrogen) atoms. The van der Waals surface area contributed by atoms with Crippen LogP contribution in [0.3, 0.4) is 0 Å². The van der Waals surface area contributed by atoms with E-state index in [4.69, 9.17) is 0 Å². The molecule has 0 nitrogen and oxygen atoms in total. The first kappa shape index (κ1) is 8.83. The van der Waals surface area contributed by atoms with Crippen molar-refractivity contribution >= 4 is 0 Å². The first-order chi connectivity index (χ1) is 5.43. The van der Waals surface area contributed by atoms with Gasteiger partial charge in [-0.1, -0.05) is 50.7 Å². The second kappa shape index (κ2) is 5.40. The Hall–Kier alpha value is -0.260. The molecule has 1 aliphatic rings. The Morgan fingerprint density at radius 3 is 2.27 bits per heavy atom. The number of allylic oxidation sites excluding steroid dienone is 2. The smallest absolute Gasteiger partial charge is 0.0322 e. The van der Waals surface area contributed by atoms with Gasteiger partial charge in [-0.2, -0.15) is 0 Å². The lowest BCUT2D eigenvalue weighted by Crippen LogP contribution is -1.95. The molecule has 1 fully saturated rings. The molecule has 0 radical (unpaired) electrons. The lowest BCUT2D eigenvalue weighted by molar-refractivity contribution is 0.466. The molecule has 0 spiro atoms. The molecule has 0 aromatic rings. The van der Waals surface area contributed by atoms with Crippen LogP contribution in [-0.4, -0.2) is 0 Å². The van der Waals surface area contributed by atoms with Crippen molar-refractivity contribution in [2.24, 2.45) is 5.92 Å². The van der Waals surface area contributed by atoms with Crippen LogP contribution >= 0.6 is 0 Å². The van der Waals surface area contributed by atoms with Gasteiger partial charge in [-0.25, -0.2) is 0 Å².